The Kier molecular flexibility index (Phi) is 5.71. The van der Waals surface area contributed by atoms with Crippen molar-refractivity contribution in [3.8, 4) is 5.75 Å². The zero-order valence-electron chi connectivity index (χ0n) is 14.9. The van der Waals surface area contributed by atoms with Gasteiger partial charge < -0.3 is 15.4 Å². The second-order valence-electron chi connectivity index (χ2n) is 6.36. The molecular weight excluding hydrogens is 336 g/mol. The minimum absolute atomic E-state index is 0.316. The molecule has 0 spiro atoms. The van der Waals surface area contributed by atoms with Gasteiger partial charge >= 0.3 is 0 Å². The Morgan fingerprint density at radius 2 is 2.08 bits per heavy atom. The van der Waals surface area contributed by atoms with E-state index in [4.69, 9.17) is 4.74 Å². The third-order valence-electron chi connectivity index (χ3n) is 4.60. The van der Waals surface area contributed by atoms with Crippen molar-refractivity contribution in [1.82, 2.24) is 10.6 Å². The van der Waals surface area contributed by atoms with Crippen molar-refractivity contribution in [2.45, 2.75) is 25.3 Å². The smallest absolute Gasteiger partial charge is 0.191 e. The van der Waals surface area contributed by atoms with Gasteiger partial charge in [0.1, 0.15) is 17.4 Å². The molecule has 2 N–H and O–H groups in total. The number of fused-ring (bicyclic) bond motifs is 1. The fourth-order valence-electron chi connectivity index (χ4n) is 3.18. The SMILES string of the molecule is CN=C(NCC1CCOc2ccccc21)NC(C)c1ccc(F)cc1F. The van der Waals surface area contributed by atoms with Crippen LogP contribution in [0.5, 0.6) is 5.75 Å². The first kappa shape index (κ1) is 18.2. The van der Waals surface area contributed by atoms with Crippen LogP contribution in [0.1, 0.15) is 36.4 Å². The van der Waals surface area contributed by atoms with Gasteiger partial charge in [-0.25, -0.2) is 8.78 Å². The maximum absolute atomic E-state index is 13.9. The molecule has 26 heavy (non-hydrogen) atoms. The quantitative estimate of drug-likeness (QED) is 0.645. The predicted octanol–water partition coefficient (Wildman–Crippen LogP) is 3.76. The molecule has 0 fully saturated rings. The van der Waals surface area contributed by atoms with Gasteiger partial charge in [-0.1, -0.05) is 24.3 Å². The summed E-state index contributed by atoms with van der Waals surface area (Å²) in [5.41, 5.74) is 1.57. The molecule has 1 aliphatic rings. The van der Waals surface area contributed by atoms with Crippen LogP contribution in [0.3, 0.4) is 0 Å². The third kappa shape index (κ3) is 4.12. The molecule has 138 valence electrons. The van der Waals surface area contributed by atoms with Crippen LogP contribution < -0.4 is 15.4 Å². The monoisotopic (exact) mass is 359 g/mol. The largest absolute Gasteiger partial charge is 0.493 e. The van der Waals surface area contributed by atoms with Gasteiger partial charge in [0.05, 0.1) is 12.6 Å². The molecule has 1 aliphatic heterocycles. The summed E-state index contributed by atoms with van der Waals surface area (Å²) < 4.78 is 32.7. The Morgan fingerprint density at radius 1 is 1.27 bits per heavy atom. The van der Waals surface area contributed by atoms with E-state index >= 15 is 0 Å². The van der Waals surface area contributed by atoms with Gasteiger partial charge in [-0.15, -0.1) is 0 Å². The lowest BCUT2D eigenvalue weighted by Gasteiger charge is -2.27. The van der Waals surface area contributed by atoms with Crippen LogP contribution in [0.15, 0.2) is 47.5 Å². The van der Waals surface area contributed by atoms with Crippen molar-refractivity contribution in [3.63, 3.8) is 0 Å². The third-order valence-corrected chi connectivity index (χ3v) is 4.60. The summed E-state index contributed by atoms with van der Waals surface area (Å²) in [4.78, 5) is 4.21. The molecule has 0 saturated heterocycles. The fraction of sp³-hybridized carbons (Fsp3) is 0.350. The summed E-state index contributed by atoms with van der Waals surface area (Å²) in [6.07, 6.45) is 0.920. The van der Waals surface area contributed by atoms with Crippen molar-refractivity contribution < 1.29 is 13.5 Å². The number of hydrogen-bond donors (Lipinski definition) is 2. The number of para-hydroxylation sites is 1. The van der Waals surface area contributed by atoms with Crippen LogP contribution >= 0.6 is 0 Å². The number of hydrogen-bond acceptors (Lipinski definition) is 2. The number of rotatable bonds is 4. The van der Waals surface area contributed by atoms with Gasteiger partial charge in [-0.05, 0) is 31.0 Å². The van der Waals surface area contributed by atoms with Gasteiger partial charge in [-0.2, -0.15) is 0 Å². The second-order valence-corrected chi connectivity index (χ2v) is 6.36. The van der Waals surface area contributed by atoms with E-state index in [0.29, 0.717) is 30.6 Å². The van der Waals surface area contributed by atoms with Crippen LogP contribution in [0.2, 0.25) is 0 Å². The number of benzene rings is 2. The molecule has 0 radical (unpaired) electrons. The Morgan fingerprint density at radius 3 is 2.85 bits per heavy atom. The minimum Gasteiger partial charge on any atom is -0.493 e. The lowest BCUT2D eigenvalue weighted by molar-refractivity contribution is 0.267. The zero-order valence-corrected chi connectivity index (χ0v) is 14.9. The molecule has 4 nitrogen and oxygen atoms in total. The molecule has 0 aromatic heterocycles. The summed E-state index contributed by atoms with van der Waals surface area (Å²) in [6.45, 7) is 3.19. The summed E-state index contributed by atoms with van der Waals surface area (Å²) in [6, 6.07) is 11.3. The standard InChI is InChI=1S/C20H23F2N3O/c1-13(16-8-7-15(21)11-18(16)22)25-20(23-2)24-12-14-9-10-26-19-6-4-3-5-17(14)19/h3-8,11,13-14H,9-10,12H2,1-2H3,(H2,23,24,25). The second kappa shape index (κ2) is 8.17. The van der Waals surface area contributed by atoms with E-state index in [1.807, 2.05) is 25.1 Å². The number of guanidine groups is 1. The number of nitrogens with zero attached hydrogens (tertiary/aromatic N) is 1. The molecule has 0 aliphatic carbocycles. The lowest BCUT2D eigenvalue weighted by Crippen LogP contribution is -2.41. The molecule has 0 saturated carbocycles. The van der Waals surface area contributed by atoms with Gasteiger partial charge in [0.15, 0.2) is 5.96 Å². The highest BCUT2D eigenvalue weighted by atomic mass is 19.1. The van der Waals surface area contributed by atoms with Gasteiger partial charge in [0.25, 0.3) is 0 Å². The Hall–Kier alpha value is -2.63. The lowest BCUT2D eigenvalue weighted by atomic mass is 9.93. The minimum atomic E-state index is -0.584. The highest BCUT2D eigenvalue weighted by Gasteiger charge is 2.21. The molecular formula is C20H23F2N3O. The van der Waals surface area contributed by atoms with E-state index in [9.17, 15) is 8.78 Å². The average molecular weight is 359 g/mol. The van der Waals surface area contributed by atoms with Crippen LogP contribution in [-0.4, -0.2) is 26.2 Å². The first-order chi connectivity index (χ1) is 12.6. The molecule has 3 rings (SSSR count). The predicted molar refractivity (Wildman–Crippen MR) is 98.6 cm³/mol. The van der Waals surface area contributed by atoms with Crippen molar-refractivity contribution in [2.24, 2.45) is 4.99 Å². The van der Waals surface area contributed by atoms with Crippen molar-refractivity contribution in [3.05, 3.63) is 65.2 Å². The van der Waals surface area contributed by atoms with E-state index in [1.165, 1.54) is 17.7 Å². The van der Waals surface area contributed by atoms with Crippen LogP contribution in [0.25, 0.3) is 0 Å². The highest BCUT2D eigenvalue weighted by Crippen LogP contribution is 2.32. The topological polar surface area (TPSA) is 45.7 Å². The van der Waals surface area contributed by atoms with Crippen LogP contribution in [0.4, 0.5) is 8.78 Å². The van der Waals surface area contributed by atoms with Crippen molar-refractivity contribution >= 4 is 5.96 Å². The van der Waals surface area contributed by atoms with Gasteiger partial charge in [0, 0.05) is 31.1 Å². The normalized spacial score (nSPS) is 17.8. The van der Waals surface area contributed by atoms with E-state index in [0.717, 1.165) is 18.2 Å². The molecule has 2 unspecified atom stereocenters. The highest BCUT2D eigenvalue weighted by molar-refractivity contribution is 5.80. The summed E-state index contributed by atoms with van der Waals surface area (Å²) in [5.74, 6) is 0.662. The Labute approximate surface area is 152 Å². The Bertz CT molecular complexity index is 794. The molecule has 0 amide bonds. The Balaban J connectivity index is 1.62. The molecule has 1 heterocycles. The fourth-order valence-corrected chi connectivity index (χ4v) is 3.18. The summed E-state index contributed by atoms with van der Waals surface area (Å²) >= 11 is 0. The zero-order chi connectivity index (χ0) is 18.5. The molecule has 6 heteroatoms. The number of halogens is 2. The number of ether oxygens (including phenoxy) is 1. The van der Waals surface area contributed by atoms with Gasteiger partial charge in [-0.3, -0.25) is 4.99 Å². The maximum atomic E-state index is 13.9. The van der Waals surface area contributed by atoms with E-state index in [1.54, 1.807) is 7.05 Å². The van der Waals surface area contributed by atoms with E-state index in [-0.39, 0.29) is 6.04 Å². The summed E-state index contributed by atoms with van der Waals surface area (Å²) in [7, 11) is 1.67. The van der Waals surface area contributed by atoms with E-state index < -0.39 is 11.6 Å². The first-order valence-electron chi connectivity index (χ1n) is 8.72. The molecule has 2 aromatic carbocycles. The van der Waals surface area contributed by atoms with Crippen LogP contribution in [-0.2, 0) is 0 Å². The van der Waals surface area contributed by atoms with Crippen molar-refractivity contribution in [1.29, 1.82) is 0 Å². The average Bonchev–Trinajstić information content (AvgIpc) is 2.64. The number of nitrogens with one attached hydrogen (secondary N) is 2. The van der Waals surface area contributed by atoms with Crippen molar-refractivity contribution in [2.75, 3.05) is 20.2 Å². The summed E-state index contributed by atoms with van der Waals surface area (Å²) in [5, 5.41) is 6.45. The first-order valence-corrected chi connectivity index (χ1v) is 8.72. The molecule has 2 atom stereocenters. The maximum Gasteiger partial charge on any atom is 0.191 e. The van der Waals surface area contributed by atoms with Crippen LogP contribution in [0, 0.1) is 11.6 Å². The van der Waals surface area contributed by atoms with Gasteiger partial charge in [0.2, 0.25) is 0 Å². The number of aliphatic imine (C=N–C) groups is 1. The molecule has 0 bridgehead atoms. The van der Waals surface area contributed by atoms with E-state index in [2.05, 4.69) is 21.7 Å². The molecule has 2 aromatic rings.